The lowest BCUT2D eigenvalue weighted by Crippen LogP contribution is -2.33. The fourth-order valence-corrected chi connectivity index (χ4v) is 4.08. The van der Waals surface area contributed by atoms with Gasteiger partial charge in [-0.3, -0.25) is 0 Å². The van der Waals surface area contributed by atoms with E-state index in [0.29, 0.717) is 22.8 Å². The number of hydrazone groups is 1. The number of ether oxygens (including phenoxy) is 2. The summed E-state index contributed by atoms with van der Waals surface area (Å²) >= 11 is 6.23. The van der Waals surface area contributed by atoms with Crippen LogP contribution in [0, 0.1) is 11.6 Å². The van der Waals surface area contributed by atoms with Gasteiger partial charge in [-0.05, 0) is 60.2 Å². The van der Waals surface area contributed by atoms with Crippen LogP contribution in [0.2, 0.25) is 5.02 Å². The molecule has 0 spiro atoms. The number of methoxy groups -OCH3 is 1. The van der Waals surface area contributed by atoms with Gasteiger partial charge in [0, 0.05) is 22.6 Å². The molecule has 2 aliphatic heterocycles. The zero-order chi connectivity index (χ0) is 20.8. The normalized spacial score (nSPS) is 19.6. The van der Waals surface area contributed by atoms with E-state index in [9.17, 15) is 8.78 Å². The molecule has 2 aliphatic rings. The van der Waals surface area contributed by atoms with Gasteiger partial charge in [0.2, 0.25) is 6.23 Å². The topological polar surface area (TPSA) is 34.1 Å². The first-order valence-electron chi connectivity index (χ1n) is 9.45. The summed E-state index contributed by atoms with van der Waals surface area (Å²) in [5.74, 6) is -0.410. The Kier molecular flexibility index (Phi) is 4.59. The number of benzene rings is 3. The summed E-state index contributed by atoms with van der Waals surface area (Å²) in [6.45, 7) is 0. The molecule has 3 aromatic rings. The van der Waals surface area contributed by atoms with E-state index in [4.69, 9.17) is 26.2 Å². The lowest BCUT2D eigenvalue weighted by Gasteiger charge is -2.38. The second-order valence-electron chi connectivity index (χ2n) is 7.20. The van der Waals surface area contributed by atoms with Crippen LogP contribution >= 0.6 is 11.6 Å². The standard InChI is InChI=1S/C23H17ClF2N2O2/c1-29-16-6-2-13(3-7-16)20-12-21-17-11-15(24)5-9-22(17)30-23(28(21)27-20)14-4-8-18(25)19(26)10-14/h2-11,21,23H,12H2,1H3/t21-,23+/m0/s1. The minimum Gasteiger partial charge on any atom is -0.497 e. The maximum absolute atomic E-state index is 13.9. The van der Waals surface area contributed by atoms with Crippen molar-refractivity contribution < 1.29 is 18.3 Å². The molecule has 2 atom stereocenters. The highest BCUT2D eigenvalue weighted by Crippen LogP contribution is 2.48. The highest BCUT2D eigenvalue weighted by atomic mass is 35.5. The number of fused-ring (bicyclic) bond motifs is 3. The second kappa shape index (κ2) is 7.29. The SMILES string of the molecule is COc1ccc(C2=NN3[C@@H](c4ccc(F)c(F)c4)Oc4ccc(Cl)cc4[C@@H]3C2)cc1. The van der Waals surface area contributed by atoms with Crippen molar-refractivity contribution in [2.75, 3.05) is 7.11 Å². The summed E-state index contributed by atoms with van der Waals surface area (Å²) < 4.78 is 38.8. The van der Waals surface area contributed by atoms with Gasteiger partial charge in [0.15, 0.2) is 11.6 Å². The Hall–Kier alpha value is -3.12. The number of hydrogen-bond donors (Lipinski definition) is 0. The van der Waals surface area contributed by atoms with E-state index in [0.717, 1.165) is 34.7 Å². The summed E-state index contributed by atoms with van der Waals surface area (Å²) in [4.78, 5) is 0. The van der Waals surface area contributed by atoms with Crippen molar-refractivity contribution >= 4 is 17.3 Å². The maximum atomic E-state index is 13.9. The van der Waals surface area contributed by atoms with E-state index < -0.39 is 17.9 Å². The second-order valence-corrected chi connectivity index (χ2v) is 7.64. The minimum absolute atomic E-state index is 0.136. The number of nitrogens with zero attached hydrogens (tertiary/aromatic N) is 2. The molecule has 2 heterocycles. The summed E-state index contributed by atoms with van der Waals surface area (Å²) in [5.41, 5.74) is 3.22. The Labute approximate surface area is 177 Å². The van der Waals surface area contributed by atoms with Gasteiger partial charge in [-0.2, -0.15) is 5.10 Å². The molecule has 0 fully saturated rings. The monoisotopic (exact) mass is 426 g/mol. The molecule has 0 aromatic heterocycles. The molecular weight excluding hydrogens is 410 g/mol. The van der Waals surface area contributed by atoms with Crippen LogP contribution in [-0.4, -0.2) is 17.8 Å². The van der Waals surface area contributed by atoms with Gasteiger partial charge in [0.25, 0.3) is 0 Å². The average Bonchev–Trinajstić information content (AvgIpc) is 3.21. The number of rotatable bonds is 3. The van der Waals surface area contributed by atoms with Gasteiger partial charge >= 0.3 is 0 Å². The van der Waals surface area contributed by atoms with Crippen molar-refractivity contribution in [3.05, 3.63) is 94.0 Å². The predicted molar refractivity (Wildman–Crippen MR) is 110 cm³/mol. The molecule has 7 heteroatoms. The number of hydrogen-bond acceptors (Lipinski definition) is 4. The van der Waals surface area contributed by atoms with E-state index >= 15 is 0 Å². The van der Waals surface area contributed by atoms with Gasteiger partial charge in [-0.25, -0.2) is 13.8 Å². The lowest BCUT2D eigenvalue weighted by atomic mass is 9.96. The third kappa shape index (κ3) is 3.17. The van der Waals surface area contributed by atoms with E-state index in [1.807, 2.05) is 30.3 Å². The quantitative estimate of drug-likeness (QED) is 0.525. The van der Waals surface area contributed by atoms with Crippen LogP contribution in [0.3, 0.4) is 0 Å². The zero-order valence-corrected chi connectivity index (χ0v) is 16.7. The summed E-state index contributed by atoms with van der Waals surface area (Å²) in [6.07, 6.45) is -0.0574. The van der Waals surface area contributed by atoms with Crippen molar-refractivity contribution in [1.82, 2.24) is 5.01 Å². The Morgan fingerprint density at radius 1 is 1.03 bits per heavy atom. The van der Waals surface area contributed by atoms with Crippen LogP contribution in [0.1, 0.15) is 35.4 Å². The highest BCUT2D eigenvalue weighted by molar-refractivity contribution is 6.30. The zero-order valence-electron chi connectivity index (χ0n) is 16.0. The molecule has 0 radical (unpaired) electrons. The van der Waals surface area contributed by atoms with E-state index in [-0.39, 0.29) is 6.04 Å². The van der Waals surface area contributed by atoms with Crippen LogP contribution in [0.15, 0.2) is 65.8 Å². The summed E-state index contributed by atoms with van der Waals surface area (Å²) in [5, 5.41) is 7.19. The fraction of sp³-hybridized carbons (Fsp3) is 0.174. The van der Waals surface area contributed by atoms with Crippen LogP contribution in [0.25, 0.3) is 0 Å². The van der Waals surface area contributed by atoms with Gasteiger partial charge in [-0.15, -0.1) is 0 Å². The third-order valence-corrected chi connectivity index (χ3v) is 5.64. The Balaban J connectivity index is 1.58. The Morgan fingerprint density at radius 3 is 2.57 bits per heavy atom. The molecule has 5 rings (SSSR count). The first-order chi connectivity index (χ1) is 14.5. The average molecular weight is 427 g/mol. The molecule has 0 unspecified atom stereocenters. The molecule has 0 bridgehead atoms. The lowest BCUT2D eigenvalue weighted by molar-refractivity contribution is -0.0192. The first-order valence-corrected chi connectivity index (χ1v) is 9.82. The molecular formula is C23H17ClF2N2O2. The highest BCUT2D eigenvalue weighted by Gasteiger charge is 2.41. The first kappa shape index (κ1) is 18.9. The molecule has 0 aliphatic carbocycles. The van der Waals surface area contributed by atoms with Crippen LogP contribution < -0.4 is 9.47 Å². The van der Waals surface area contributed by atoms with Crippen molar-refractivity contribution in [3.63, 3.8) is 0 Å². The van der Waals surface area contributed by atoms with Crippen molar-refractivity contribution in [2.45, 2.75) is 18.7 Å². The Morgan fingerprint density at radius 2 is 1.83 bits per heavy atom. The smallest absolute Gasteiger partial charge is 0.213 e. The fourth-order valence-electron chi connectivity index (χ4n) is 3.90. The van der Waals surface area contributed by atoms with Gasteiger partial charge < -0.3 is 9.47 Å². The molecule has 0 N–H and O–H groups in total. The summed E-state index contributed by atoms with van der Waals surface area (Å²) in [7, 11) is 1.62. The van der Waals surface area contributed by atoms with Gasteiger partial charge in [0.05, 0.1) is 18.9 Å². The van der Waals surface area contributed by atoms with Gasteiger partial charge in [-0.1, -0.05) is 17.7 Å². The largest absolute Gasteiger partial charge is 0.497 e. The predicted octanol–water partition coefficient (Wildman–Crippen LogP) is 5.87. The van der Waals surface area contributed by atoms with Crippen LogP contribution in [-0.2, 0) is 0 Å². The van der Waals surface area contributed by atoms with Crippen molar-refractivity contribution in [2.24, 2.45) is 5.10 Å². The van der Waals surface area contributed by atoms with Crippen molar-refractivity contribution in [3.8, 4) is 11.5 Å². The minimum atomic E-state index is -0.923. The van der Waals surface area contributed by atoms with Crippen molar-refractivity contribution in [1.29, 1.82) is 0 Å². The van der Waals surface area contributed by atoms with Gasteiger partial charge in [0.1, 0.15) is 11.5 Å². The van der Waals surface area contributed by atoms with E-state index in [1.165, 1.54) is 6.07 Å². The molecule has 152 valence electrons. The third-order valence-electron chi connectivity index (χ3n) is 5.40. The van der Waals surface area contributed by atoms with Crippen LogP contribution in [0.5, 0.6) is 11.5 Å². The molecule has 4 nitrogen and oxygen atoms in total. The molecule has 30 heavy (non-hydrogen) atoms. The molecule has 0 amide bonds. The van der Waals surface area contributed by atoms with E-state index in [1.54, 1.807) is 24.3 Å². The molecule has 0 saturated carbocycles. The van der Waals surface area contributed by atoms with Crippen LogP contribution in [0.4, 0.5) is 8.78 Å². The maximum Gasteiger partial charge on any atom is 0.213 e. The van der Waals surface area contributed by atoms with E-state index in [2.05, 4.69) is 0 Å². The Bertz CT molecular complexity index is 1150. The molecule has 0 saturated heterocycles. The molecule has 3 aromatic carbocycles. The summed E-state index contributed by atoms with van der Waals surface area (Å²) in [6, 6.07) is 16.7. The number of halogens is 3.